The predicted molar refractivity (Wildman–Crippen MR) is 128 cm³/mol. The Bertz CT molecular complexity index is 914. The summed E-state index contributed by atoms with van der Waals surface area (Å²) in [6.45, 7) is 5.24. The molecule has 0 saturated carbocycles. The van der Waals surface area contributed by atoms with E-state index in [0.717, 1.165) is 36.4 Å². The van der Waals surface area contributed by atoms with Crippen LogP contribution in [0.25, 0.3) is 6.08 Å². The van der Waals surface area contributed by atoms with Gasteiger partial charge in [0.15, 0.2) is 11.5 Å². The van der Waals surface area contributed by atoms with Crippen LogP contribution in [0.1, 0.15) is 16.7 Å². The van der Waals surface area contributed by atoms with Crippen LogP contribution in [0.5, 0.6) is 17.2 Å². The third kappa shape index (κ3) is 6.18. The molecule has 0 aliphatic carbocycles. The lowest BCUT2D eigenvalue weighted by atomic mass is 10.1. The van der Waals surface area contributed by atoms with Crippen molar-refractivity contribution in [2.24, 2.45) is 0 Å². The molecule has 1 heterocycles. The third-order valence-electron chi connectivity index (χ3n) is 5.17. The number of carbonyl (C=O) groups excluding carboxylic acids is 1. The highest BCUT2D eigenvalue weighted by atomic mass is 32.2. The first-order valence-electron chi connectivity index (χ1n) is 10.2. The van der Waals surface area contributed by atoms with Gasteiger partial charge >= 0.3 is 0 Å². The molecule has 31 heavy (non-hydrogen) atoms. The molecule has 0 spiro atoms. The molecule has 0 atom stereocenters. The molecular formula is C24H30N2O4S. The van der Waals surface area contributed by atoms with Crippen molar-refractivity contribution < 1.29 is 19.0 Å². The minimum atomic E-state index is -0.197. The van der Waals surface area contributed by atoms with Gasteiger partial charge in [0.25, 0.3) is 0 Å². The minimum absolute atomic E-state index is 0.197. The van der Waals surface area contributed by atoms with Crippen molar-refractivity contribution in [1.29, 1.82) is 0 Å². The Labute approximate surface area is 188 Å². The molecular weight excluding hydrogens is 412 g/mol. The van der Waals surface area contributed by atoms with Crippen LogP contribution in [-0.4, -0.2) is 56.7 Å². The zero-order chi connectivity index (χ0) is 22.2. The Kier molecular flexibility index (Phi) is 8.26. The Balaban J connectivity index is 1.65. The molecule has 3 rings (SSSR count). The zero-order valence-corrected chi connectivity index (χ0v) is 19.4. The fraction of sp³-hybridized carbons (Fsp3) is 0.375. The van der Waals surface area contributed by atoms with Crippen molar-refractivity contribution in [3.63, 3.8) is 0 Å². The van der Waals surface area contributed by atoms with Gasteiger partial charge in [0.1, 0.15) is 0 Å². The lowest BCUT2D eigenvalue weighted by molar-refractivity contribution is -0.111. The highest BCUT2D eigenvalue weighted by Gasteiger charge is 2.13. The van der Waals surface area contributed by atoms with E-state index in [0.29, 0.717) is 17.2 Å². The first-order chi connectivity index (χ1) is 15.0. The predicted octanol–water partition coefficient (Wildman–Crippen LogP) is 4.22. The van der Waals surface area contributed by atoms with Gasteiger partial charge in [-0.05, 0) is 47.9 Å². The van der Waals surface area contributed by atoms with Crippen molar-refractivity contribution in [3.8, 4) is 17.2 Å². The summed E-state index contributed by atoms with van der Waals surface area (Å²) >= 11 is 2.01. The van der Waals surface area contributed by atoms with Crippen LogP contribution < -0.4 is 19.5 Å². The maximum atomic E-state index is 12.5. The Morgan fingerprint density at radius 1 is 1.06 bits per heavy atom. The third-order valence-corrected chi connectivity index (χ3v) is 6.12. The average molecular weight is 443 g/mol. The summed E-state index contributed by atoms with van der Waals surface area (Å²) in [5.74, 6) is 3.81. The molecule has 0 unspecified atom stereocenters. The topological polar surface area (TPSA) is 60.0 Å². The number of nitrogens with one attached hydrogen (secondary N) is 1. The molecule has 2 aromatic rings. The summed E-state index contributed by atoms with van der Waals surface area (Å²) in [5.41, 5.74) is 3.92. The number of carbonyl (C=O) groups is 1. The summed E-state index contributed by atoms with van der Waals surface area (Å²) in [6.07, 6.45) is 3.22. The van der Waals surface area contributed by atoms with E-state index in [-0.39, 0.29) is 5.91 Å². The maximum absolute atomic E-state index is 12.5. The van der Waals surface area contributed by atoms with E-state index < -0.39 is 0 Å². The number of thioether (sulfide) groups is 1. The van der Waals surface area contributed by atoms with E-state index >= 15 is 0 Å². The van der Waals surface area contributed by atoms with Crippen LogP contribution in [-0.2, 0) is 11.3 Å². The van der Waals surface area contributed by atoms with Crippen molar-refractivity contribution in [2.75, 3.05) is 51.2 Å². The van der Waals surface area contributed by atoms with Crippen LogP contribution in [0, 0.1) is 6.92 Å². The summed E-state index contributed by atoms with van der Waals surface area (Å²) in [5, 5.41) is 2.96. The number of anilines is 1. The van der Waals surface area contributed by atoms with Crippen molar-refractivity contribution >= 4 is 29.4 Å². The van der Waals surface area contributed by atoms with E-state index in [1.807, 2.05) is 24.8 Å². The molecule has 1 saturated heterocycles. The van der Waals surface area contributed by atoms with E-state index in [4.69, 9.17) is 14.2 Å². The molecule has 0 radical (unpaired) electrons. The van der Waals surface area contributed by atoms with Gasteiger partial charge in [-0.1, -0.05) is 12.1 Å². The molecule has 0 aromatic heterocycles. The molecule has 1 N–H and O–H groups in total. The lowest BCUT2D eigenvalue weighted by Gasteiger charge is -2.26. The van der Waals surface area contributed by atoms with Gasteiger partial charge in [0.2, 0.25) is 11.7 Å². The number of hydrogen-bond donors (Lipinski definition) is 1. The van der Waals surface area contributed by atoms with Crippen LogP contribution in [0.4, 0.5) is 5.69 Å². The van der Waals surface area contributed by atoms with Gasteiger partial charge in [-0.2, -0.15) is 11.8 Å². The quantitative estimate of drug-likeness (QED) is 0.618. The fourth-order valence-corrected chi connectivity index (χ4v) is 4.50. The summed E-state index contributed by atoms with van der Waals surface area (Å²) in [4.78, 5) is 15.0. The largest absolute Gasteiger partial charge is 0.493 e. The van der Waals surface area contributed by atoms with Gasteiger partial charge in [0.05, 0.1) is 21.3 Å². The monoisotopic (exact) mass is 442 g/mol. The number of nitrogens with zero attached hydrogens (tertiary/aromatic N) is 1. The zero-order valence-electron chi connectivity index (χ0n) is 18.6. The number of ether oxygens (including phenoxy) is 3. The lowest BCUT2D eigenvalue weighted by Crippen LogP contribution is -2.31. The second-order valence-corrected chi connectivity index (χ2v) is 8.54. The molecule has 1 aliphatic rings. The molecule has 166 valence electrons. The van der Waals surface area contributed by atoms with Gasteiger partial charge in [-0.25, -0.2) is 0 Å². The number of benzene rings is 2. The standard InChI is InChI=1S/C24H30N2O4S/c1-17-13-19(16-26-9-11-31-12-10-26)5-7-20(17)25-23(27)8-6-18-14-21(28-2)24(30-4)22(15-18)29-3/h5-8,13-15H,9-12,16H2,1-4H3,(H,25,27)/b8-6+. The van der Waals surface area contributed by atoms with E-state index in [1.165, 1.54) is 23.1 Å². The van der Waals surface area contributed by atoms with Crippen molar-refractivity contribution in [3.05, 3.63) is 53.1 Å². The van der Waals surface area contributed by atoms with Crippen LogP contribution in [0.15, 0.2) is 36.4 Å². The van der Waals surface area contributed by atoms with Crippen LogP contribution in [0.2, 0.25) is 0 Å². The normalized spacial score (nSPS) is 14.5. The molecule has 1 amide bonds. The minimum Gasteiger partial charge on any atom is -0.493 e. The second-order valence-electron chi connectivity index (χ2n) is 7.32. The van der Waals surface area contributed by atoms with Crippen LogP contribution >= 0.6 is 11.8 Å². The summed E-state index contributed by atoms with van der Waals surface area (Å²) in [7, 11) is 4.69. The maximum Gasteiger partial charge on any atom is 0.248 e. The Hall–Kier alpha value is -2.64. The summed E-state index contributed by atoms with van der Waals surface area (Å²) < 4.78 is 16.0. The van der Waals surface area contributed by atoms with Gasteiger partial charge in [-0.3, -0.25) is 9.69 Å². The first-order valence-corrected chi connectivity index (χ1v) is 11.4. The SMILES string of the molecule is COc1cc(/C=C/C(=O)Nc2ccc(CN3CCSCC3)cc2C)cc(OC)c1OC. The molecule has 0 bridgehead atoms. The highest BCUT2D eigenvalue weighted by molar-refractivity contribution is 7.99. The number of hydrogen-bond acceptors (Lipinski definition) is 6. The van der Waals surface area contributed by atoms with Crippen molar-refractivity contribution in [1.82, 2.24) is 4.90 Å². The van der Waals surface area contributed by atoms with Gasteiger partial charge in [0, 0.05) is 42.9 Å². The van der Waals surface area contributed by atoms with Crippen LogP contribution in [0.3, 0.4) is 0 Å². The molecule has 1 fully saturated rings. The first kappa shape index (κ1) is 23.0. The number of aryl methyl sites for hydroxylation is 1. The smallest absolute Gasteiger partial charge is 0.248 e. The molecule has 7 heteroatoms. The number of methoxy groups -OCH3 is 3. The molecule has 2 aromatic carbocycles. The van der Waals surface area contributed by atoms with Gasteiger partial charge < -0.3 is 19.5 Å². The Morgan fingerprint density at radius 3 is 2.32 bits per heavy atom. The van der Waals surface area contributed by atoms with E-state index in [2.05, 4.69) is 22.3 Å². The fourth-order valence-electron chi connectivity index (χ4n) is 3.53. The number of amides is 1. The second kappa shape index (κ2) is 11.1. The van der Waals surface area contributed by atoms with E-state index in [1.54, 1.807) is 39.5 Å². The van der Waals surface area contributed by atoms with E-state index in [9.17, 15) is 4.79 Å². The number of rotatable bonds is 8. The Morgan fingerprint density at radius 2 is 1.74 bits per heavy atom. The molecule has 6 nitrogen and oxygen atoms in total. The van der Waals surface area contributed by atoms with Gasteiger partial charge in [-0.15, -0.1) is 0 Å². The molecule has 1 aliphatic heterocycles. The van der Waals surface area contributed by atoms with Crippen molar-refractivity contribution in [2.45, 2.75) is 13.5 Å². The average Bonchev–Trinajstić information content (AvgIpc) is 2.79. The highest BCUT2D eigenvalue weighted by Crippen LogP contribution is 2.38. The summed E-state index contributed by atoms with van der Waals surface area (Å²) in [6, 6.07) is 9.82.